The Kier molecular flexibility index (Phi) is 3.01. The van der Waals surface area contributed by atoms with Gasteiger partial charge in [0.25, 0.3) is 0 Å². The first-order valence-corrected chi connectivity index (χ1v) is 6.29. The lowest BCUT2D eigenvalue weighted by Gasteiger charge is -2.10. The van der Waals surface area contributed by atoms with Gasteiger partial charge in [0.2, 0.25) is 5.95 Å². The van der Waals surface area contributed by atoms with Gasteiger partial charge in [0.05, 0.1) is 23.8 Å². The second-order valence-corrected chi connectivity index (χ2v) is 4.71. The van der Waals surface area contributed by atoms with Gasteiger partial charge in [0.15, 0.2) is 11.6 Å². The number of anilines is 1. The predicted molar refractivity (Wildman–Crippen MR) is 76.7 cm³/mol. The lowest BCUT2D eigenvalue weighted by Crippen LogP contribution is -2.03. The number of imidazole rings is 1. The van der Waals surface area contributed by atoms with Gasteiger partial charge in [-0.05, 0) is 30.7 Å². The molecule has 6 heteroatoms. The zero-order valence-corrected chi connectivity index (χ0v) is 11.5. The second-order valence-electron chi connectivity index (χ2n) is 4.71. The quantitative estimate of drug-likeness (QED) is 0.788. The monoisotopic (exact) mass is 289 g/mol. The van der Waals surface area contributed by atoms with Crippen LogP contribution in [0.4, 0.5) is 14.7 Å². The second kappa shape index (κ2) is 4.73. The Labute approximate surface area is 119 Å². The van der Waals surface area contributed by atoms with Crippen molar-refractivity contribution in [3.8, 4) is 11.4 Å². The highest BCUT2D eigenvalue weighted by atomic mass is 19.1. The summed E-state index contributed by atoms with van der Waals surface area (Å²) in [6.45, 7) is 1.77. The van der Waals surface area contributed by atoms with Crippen LogP contribution >= 0.6 is 0 Å². The summed E-state index contributed by atoms with van der Waals surface area (Å²) in [6, 6.07) is 7.14. The number of fused-ring (bicyclic) bond motifs is 1. The van der Waals surface area contributed by atoms with E-state index in [1.165, 1.54) is 31.4 Å². The van der Waals surface area contributed by atoms with Crippen LogP contribution in [0.5, 0.6) is 5.75 Å². The predicted octanol–water partition coefficient (Wildman–Crippen LogP) is 3.20. The van der Waals surface area contributed by atoms with Gasteiger partial charge in [0, 0.05) is 12.1 Å². The van der Waals surface area contributed by atoms with E-state index in [0.717, 1.165) is 0 Å². The molecule has 3 rings (SSSR count). The molecule has 2 aromatic carbocycles. The number of rotatable bonds is 2. The number of ether oxygens (including phenoxy) is 1. The number of benzene rings is 2. The first-order valence-electron chi connectivity index (χ1n) is 6.29. The van der Waals surface area contributed by atoms with Crippen molar-refractivity contribution in [2.45, 2.75) is 6.92 Å². The van der Waals surface area contributed by atoms with Gasteiger partial charge < -0.3 is 10.5 Å². The fourth-order valence-corrected chi connectivity index (χ4v) is 2.38. The third kappa shape index (κ3) is 2.08. The van der Waals surface area contributed by atoms with Gasteiger partial charge in [0.1, 0.15) is 5.82 Å². The summed E-state index contributed by atoms with van der Waals surface area (Å²) < 4.78 is 33.6. The largest absolute Gasteiger partial charge is 0.494 e. The average molecular weight is 289 g/mol. The number of nitrogen functional groups attached to an aromatic ring is 1. The molecule has 0 spiro atoms. The van der Waals surface area contributed by atoms with Crippen LogP contribution in [0.1, 0.15) is 5.56 Å². The van der Waals surface area contributed by atoms with E-state index < -0.39 is 5.82 Å². The van der Waals surface area contributed by atoms with Crippen LogP contribution in [-0.4, -0.2) is 16.7 Å². The van der Waals surface area contributed by atoms with Crippen molar-refractivity contribution in [3.63, 3.8) is 0 Å². The molecule has 108 valence electrons. The number of hydrogen-bond donors (Lipinski definition) is 1. The minimum atomic E-state index is -0.509. The zero-order valence-electron chi connectivity index (χ0n) is 11.5. The molecule has 0 radical (unpaired) electrons. The molecular weight excluding hydrogens is 276 g/mol. The molecule has 1 aromatic heterocycles. The van der Waals surface area contributed by atoms with Crippen molar-refractivity contribution in [3.05, 3.63) is 47.5 Å². The molecule has 3 aromatic rings. The number of methoxy groups -OCH3 is 1. The molecule has 0 bridgehead atoms. The van der Waals surface area contributed by atoms with Crippen LogP contribution in [-0.2, 0) is 0 Å². The Bertz CT molecular complexity index is 843. The van der Waals surface area contributed by atoms with Gasteiger partial charge in [-0.25, -0.2) is 13.8 Å². The Morgan fingerprint density at radius 2 is 1.95 bits per heavy atom. The first kappa shape index (κ1) is 13.4. The third-order valence-electron chi connectivity index (χ3n) is 3.35. The Balaban J connectivity index is 2.33. The molecule has 0 fully saturated rings. The molecule has 2 N–H and O–H groups in total. The maximum atomic E-state index is 13.7. The molecule has 0 saturated carbocycles. The van der Waals surface area contributed by atoms with Gasteiger partial charge in [-0.2, -0.15) is 0 Å². The molecule has 1 heterocycles. The summed E-state index contributed by atoms with van der Waals surface area (Å²) in [5, 5.41) is 0. The summed E-state index contributed by atoms with van der Waals surface area (Å²) in [7, 11) is 1.39. The van der Waals surface area contributed by atoms with Gasteiger partial charge >= 0.3 is 0 Å². The molecule has 4 nitrogen and oxygen atoms in total. The van der Waals surface area contributed by atoms with Crippen molar-refractivity contribution < 1.29 is 13.5 Å². The highest BCUT2D eigenvalue weighted by Crippen LogP contribution is 2.30. The van der Waals surface area contributed by atoms with Crippen LogP contribution in [0.15, 0.2) is 30.3 Å². The molecule has 0 amide bonds. The third-order valence-corrected chi connectivity index (χ3v) is 3.35. The van der Waals surface area contributed by atoms with Crippen LogP contribution in [0.25, 0.3) is 16.7 Å². The van der Waals surface area contributed by atoms with E-state index in [2.05, 4.69) is 4.98 Å². The first-order chi connectivity index (χ1) is 10.0. The smallest absolute Gasteiger partial charge is 0.205 e. The van der Waals surface area contributed by atoms with Crippen LogP contribution in [0, 0.1) is 18.6 Å². The Hall–Kier alpha value is -2.63. The maximum Gasteiger partial charge on any atom is 0.205 e. The van der Waals surface area contributed by atoms with E-state index >= 15 is 0 Å². The summed E-state index contributed by atoms with van der Waals surface area (Å²) in [5.74, 6) is -0.538. The number of hydrogen-bond acceptors (Lipinski definition) is 3. The van der Waals surface area contributed by atoms with Crippen molar-refractivity contribution in [1.29, 1.82) is 0 Å². The van der Waals surface area contributed by atoms with E-state index in [1.807, 2.05) is 0 Å². The molecule has 21 heavy (non-hydrogen) atoms. The summed E-state index contributed by atoms with van der Waals surface area (Å²) in [5.41, 5.74) is 8.32. The molecule has 0 aliphatic rings. The van der Waals surface area contributed by atoms with Crippen molar-refractivity contribution in [1.82, 2.24) is 9.55 Å². The number of nitrogens with zero attached hydrogens (tertiary/aromatic N) is 2. The molecule has 0 aliphatic heterocycles. The molecule has 0 saturated heterocycles. The summed E-state index contributed by atoms with van der Waals surface area (Å²) >= 11 is 0. The number of halogens is 2. The highest BCUT2D eigenvalue weighted by molar-refractivity contribution is 5.82. The SMILES string of the molecule is COc1cc2c(cc1F)nc(N)n2-c1ccc(F)cc1C. The lowest BCUT2D eigenvalue weighted by atomic mass is 10.2. The van der Waals surface area contributed by atoms with Crippen molar-refractivity contribution >= 4 is 17.0 Å². The number of nitrogens with two attached hydrogens (primary N) is 1. The maximum absolute atomic E-state index is 13.7. The summed E-state index contributed by atoms with van der Waals surface area (Å²) in [6.07, 6.45) is 0. The van der Waals surface area contributed by atoms with E-state index in [9.17, 15) is 8.78 Å². The number of aryl methyl sites for hydroxylation is 1. The van der Waals surface area contributed by atoms with E-state index in [1.54, 1.807) is 17.6 Å². The topological polar surface area (TPSA) is 53.1 Å². The van der Waals surface area contributed by atoms with E-state index in [0.29, 0.717) is 22.3 Å². The molecule has 0 atom stereocenters. The molecule has 0 aliphatic carbocycles. The van der Waals surface area contributed by atoms with Crippen molar-refractivity contribution in [2.75, 3.05) is 12.8 Å². The lowest BCUT2D eigenvalue weighted by molar-refractivity contribution is 0.387. The van der Waals surface area contributed by atoms with Crippen LogP contribution in [0.2, 0.25) is 0 Å². The van der Waals surface area contributed by atoms with Gasteiger partial charge in [-0.3, -0.25) is 4.57 Å². The normalized spacial score (nSPS) is 11.0. The molecular formula is C15H13F2N3O. The Morgan fingerprint density at radius 1 is 1.19 bits per heavy atom. The highest BCUT2D eigenvalue weighted by Gasteiger charge is 2.15. The van der Waals surface area contributed by atoms with Crippen LogP contribution < -0.4 is 10.5 Å². The minimum absolute atomic E-state index is 0.100. The van der Waals surface area contributed by atoms with Crippen LogP contribution in [0.3, 0.4) is 0 Å². The number of aromatic nitrogens is 2. The standard InChI is InChI=1S/C15H13F2N3O/c1-8-5-9(16)3-4-12(8)20-13-7-14(21-2)10(17)6-11(13)19-15(20)18/h3-7H,1-2H3,(H2,18,19). The zero-order chi connectivity index (χ0) is 15.1. The Morgan fingerprint density at radius 3 is 2.62 bits per heavy atom. The fraction of sp³-hybridized carbons (Fsp3) is 0.133. The average Bonchev–Trinajstić information content (AvgIpc) is 2.73. The van der Waals surface area contributed by atoms with Crippen molar-refractivity contribution in [2.24, 2.45) is 0 Å². The van der Waals surface area contributed by atoms with Gasteiger partial charge in [-0.1, -0.05) is 0 Å². The van der Waals surface area contributed by atoms with E-state index in [4.69, 9.17) is 10.5 Å². The fourth-order valence-electron chi connectivity index (χ4n) is 2.38. The van der Waals surface area contributed by atoms with Gasteiger partial charge in [-0.15, -0.1) is 0 Å². The van der Waals surface area contributed by atoms with E-state index in [-0.39, 0.29) is 17.5 Å². The minimum Gasteiger partial charge on any atom is -0.494 e. The molecule has 0 unspecified atom stereocenters. The summed E-state index contributed by atoms with van der Waals surface area (Å²) in [4.78, 5) is 4.14.